The number of ketones is 2. The number of hydrogen-bond donors (Lipinski definition) is 1. The standard InChI is InChI=1S/C38H40INO6/c1-37(2)17-27-34(29(41)19-37)33(35-28(40(27)14-13-32(43)44)18-38(3,4)20-30(35)42)24-15-26(39)36(31(16-24)45-5)46-21-23-11-8-10-22-9-6-7-12-25(22)23/h6-12,15-16,33H,13-14,17-21H2,1-5H3,(H,43,44). The smallest absolute Gasteiger partial charge is 0.305 e. The molecule has 1 heterocycles. The van der Waals surface area contributed by atoms with Crippen molar-refractivity contribution in [3.63, 3.8) is 0 Å². The first kappa shape index (κ1) is 32.3. The maximum Gasteiger partial charge on any atom is 0.305 e. The summed E-state index contributed by atoms with van der Waals surface area (Å²) in [5.74, 6) is -0.321. The van der Waals surface area contributed by atoms with Gasteiger partial charge in [0.1, 0.15) is 6.61 Å². The van der Waals surface area contributed by atoms with Gasteiger partial charge >= 0.3 is 5.97 Å². The molecule has 8 heteroatoms. The van der Waals surface area contributed by atoms with Gasteiger partial charge in [-0.2, -0.15) is 0 Å². The Morgan fingerprint density at radius 1 is 0.913 bits per heavy atom. The molecule has 0 fully saturated rings. The zero-order valence-corrected chi connectivity index (χ0v) is 29.2. The number of allylic oxidation sites excluding steroid dienone is 4. The number of halogens is 1. The normalized spacial score (nSPS) is 19.3. The number of carboxylic acid groups (broad SMARTS) is 1. The highest BCUT2D eigenvalue weighted by molar-refractivity contribution is 14.1. The minimum atomic E-state index is -0.910. The van der Waals surface area contributed by atoms with Crippen LogP contribution in [0, 0.1) is 14.4 Å². The highest BCUT2D eigenvalue weighted by Crippen LogP contribution is 2.55. The Balaban J connectivity index is 1.47. The van der Waals surface area contributed by atoms with Crippen LogP contribution in [0.5, 0.6) is 11.5 Å². The summed E-state index contributed by atoms with van der Waals surface area (Å²) in [5.41, 5.74) is 4.20. The van der Waals surface area contributed by atoms with Gasteiger partial charge in [0.15, 0.2) is 23.1 Å². The molecule has 0 spiro atoms. The number of aliphatic carboxylic acids is 1. The second-order valence-electron chi connectivity index (χ2n) is 14.3. The quantitative estimate of drug-likeness (QED) is 0.234. The topological polar surface area (TPSA) is 93.1 Å². The Hall–Kier alpha value is -3.66. The lowest BCUT2D eigenvalue weighted by molar-refractivity contribution is -0.137. The van der Waals surface area contributed by atoms with Gasteiger partial charge < -0.3 is 19.5 Å². The van der Waals surface area contributed by atoms with Gasteiger partial charge in [0.25, 0.3) is 0 Å². The van der Waals surface area contributed by atoms with Gasteiger partial charge in [-0.1, -0.05) is 70.2 Å². The Morgan fingerprint density at radius 2 is 1.52 bits per heavy atom. The van der Waals surface area contributed by atoms with Gasteiger partial charge in [-0.25, -0.2) is 0 Å². The summed E-state index contributed by atoms with van der Waals surface area (Å²) in [5, 5.41) is 11.9. The summed E-state index contributed by atoms with van der Waals surface area (Å²) in [6.07, 6.45) is 1.87. The zero-order chi connectivity index (χ0) is 33.0. The Labute approximate surface area is 283 Å². The van der Waals surface area contributed by atoms with Gasteiger partial charge in [-0.3, -0.25) is 14.4 Å². The molecule has 0 bridgehead atoms. The molecule has 240 valence electrons. The second-order valence-corrected chi connectivity index (χ2v) is 15.5. The van der Waals surface area contributed by atoms with Gasteiger partial charge in [0, 0.05) is 47.8 Å². The fourth-order valence-corrected chi connectivity index (χ4v) is 8.25. The highest BCUT2D eigenvalue weighted by atomic mass is 127. The van der Waals surface area contributed by atoms with Crippen molar-refractivity contribution in [2.24, 2.45) is 10.8 Å². The fraction of sp³-hybridized carbons (Fsp3) is 0.395. The average molecular weight is 734 g/mol. The van der Waals surface area contributed by atoms with Crippen LogP contribution in [-0.4, -0.2) is 41.2 Å². The Kier molecular flexibility index (Phi) is 8.54. The molecule has 3 aromatic carbocycles. The molecule has 0 unspecified atom stereocenters. The van der Waals surface area contributed by atoms with Crippen LogP contribution >= 0.6 is 22.6 Å². The van der Waals surface area contributed by atoms with Crippen LogP contribution in [0.2, 0.25) is 0 Å². The largest absolute Gasteiger partial charge is 0.493 e. The maximum atomic E-state index is 14.1. The summed E-state index contributed by atoms with van der Waals surface area (Å²) >= 11 is 2.25. The first-order valence-corrected chi connectivity index (χ1v) is 16.8. The first-order chi connectivity index (χ1) is 21.8. The van der Waals surface area contributed by atoms with Crippen LogP contribution in [0.3, 0.4) is 0 Å². The molecule has 0 radical (unpaired) electrons. The van der Waals surface area contributed by atoms with Crippen molar-refractivity contribution < 1.29 is 29.0 Å². The SMILES string of the molecule is COc1cc(C2C3=C(CC(C)(C)CC3=O)N(CCC(=O)O)C3=C2C(=O)CC(C)(C)C3)cc(I)c1OCc1cccc2ccccc12. The third-order valence-electron chi connectivity index (χ3n) is 9.41. The number of carbonyl (C=O) groups is 3. The van der Waals surface area contributed by atoms with Crippen molar-refractivity contribution in [3.8, 4) is 11.5 Å². The third kappa shape index (κ3) is 6.08. The van der Waals surface area contributed by atoms with E-state index in [0.29, 0.717) is 54.9 Å². The number of hydrogen-bond acceptors (Lipinski definition) is 6. The molecule has 0 aromatic heterocycles. The van der Waals surface area contributed by atoms with E-state index < -0.39 is 11.9 Å². The number of fused-ring (bicyclic) bond motifs is 1. The van der Waals surface area contributed by atoms with Crippen molar-refractivity contribution in [2.45, 2.75) is 72.3 Å². The number of ether oxygens (including phenoxy) is 2. The number of carbonyl (C=O) groups excluding carboxylic acids is 2. The van der Waals surface area contributed by atoms with Crippen molar-refractivity contribution in [1.82, 2.24) is 4.90 Å². The first-order valence-electron chi connectivity index (χ1n) is 15.8. The van der Waals surface area contributed by atoms with E-state index in [1.807, 2.05) is 35.2 Å². The summed E-state index contributed by atoms with van der Waals surface area (Å²) in [7, 11) is 1.60. The van der Waals surface area contributed by atoms with Crippen LogP contribution in [0.4, 0.5) is 0 Å². The number of benzene rings is 3. The van der Waals surface area contributed by atoms with Gasteiger partial charge in [0.05, 0.1) is 17.1 Å². The van der Waals surface area contributed by atoms with Gasteiger partial charge in [-0.15, -0.1) is 0 Å². The van der Waals surface area contributed by atoms with E-state index in [1.54, 1.807) is 7.11 Å². The van der Waals surface area contributed by atoms with Crippen molar-refractivity contribution >= 4 is 50.9 Å². The second kappa shape index (κ2) is 12.2. The number of nitrogens with zero attached hydrogens (tertiary/aromatic N) is 1. The van der Waals surface area contributed by atoms with Crippen molar-refractivity contribution in [2.75, 3.05) is 13.7 Å². The van der Waals surface area contributed by atoms with E-state index in [9.17, 15) is 19.5 Å². The molecule has 2 aliphatic carbocycles. The number of methoxy groups -OCH3 is 1. The predicted octanol–water partition coefficient (Wildman–Crippen LogP) is 8.19. The molecular formula is C38H40INO6. The van der Waals surface area contributed by atoms with Crippen LogP contribution in [0.1, 0.15) is 76.8 Å². The molecule has 0 amide bonds. The highest BCUT2D eigenvalue weighted by Gasteiger charge is 2.49. The van der Waals surface area contributed by atoms with E-state index in [-0.39, 0.29) is 35.4 Å². The lowest BCUT2D eigenvalue weighted by atomic mass is 9.63. The molecule has 0 saturated heterocycles. The number of carboxylic acids is 1. The number of rotatable bonds is 8. The van der Waals surface area contributed by atoms with Crippen molar-refractivity contribution in [1.29, 1.82) is 0 Å². The van der Waals surface area contributed by atoms with E-state index in [0.717, 1.165) is 36.9 Å². The molecule has 1 aliphatic heterocycles. The van der Waals surface area contributed by atoms with Crippen LogP contribution in [0.25, 0.3) is 10.8 Å². The zero-order valence-electron chi connectivity index (χ0n) is 27.0. The van der Waals surface area contributed by atoms with Crippen LogP contribution in [0.15, 0.2) is 77.1 Å². The molecule has 1 N–H and O–H groups in total. The molecule has 6 rings (SSSR count). The molecule has 46 heavy (non-hydrogen) atoms. The van der Waals surface area contributed by atoms with Gasteiger partial charge in [-0.05, 0) is 80.3 Å². The molecule has 0 saturated carbocycles. The van der Waals surface area contributed by atoms with Crippen LogP contribution in [-0.2, 0) is 21.0 Å². The predicted molar refractivity (Wildman–Crippen MR) is 186 cm³/mol. The summed E-state index contributed by atoms with van der Waals surface area (Å²) in [4.78, 5) is 42.0. The minimum Gasteiger partial charge on any atom is -0.493 e. The number of Topliss-reactive ketones (excluding diaryl/α,β-unsaturated/α-hetero) is 2. The Bertz CT molecular complexity index is 1770. The molecule has 7 nitrogen and oxygen atoms in total. The third-order valence-corrected chi connectivity index (χ3v) is 10.2. The van der Waals surface area contributed by atoms with E-state index in [1.165, 1.54) is 0 Å². The van der Waals surface area contributed by atoms with Gasteiger partial charge in [0.2, 0.25) is 0 Å². The average Bonchev–Trinajstić information content (AvgIpc) is 2.97. The van der Waals surface area contributed by atoms with E-state index in [2.05, 4.69) is 74.6 Å². The molecule has 0 atom stereocenters. The van der Waals surface area contributed by atoms with E-state index in [4.69, 9.17) is 9.47 Å². The van der Waals surface area contributed by atoms with E-state index >= 15 is 0 Å². The molecule has 3 aliphatic rings. The van der Waals surface area contributed by atoms with Crippen LogP contribution < -0.4 is 9.47 Å². The molecule has 3 aromatic rings. The lowest BCUT2D eigenvalue weighted by Crippen LogP contribution is -2.45. The fourth-order valence-electron chi connectivity index (χ4n) is 7.47. The minimum absolute atomic E-state index is 0.00557. The summed E-state index contributed by atoms with van der Waals surface area (Å²) in [6.45, 7) is 8.87. The lowest BCUT2D eigenvalue weighted by Gasteiger charge is -2.49. The summed E-state index contributed by atoms with van der Waals surface area (Å²) in [6, 6.07) is 18.3. The maximum absolute atomic E-state index is 14.1. The Morgan fingerprint density at radius 3 is 2.13 bits per heavy atom. The summed E-state index contributed by atoms with van der Waals surface area (Å²) < 4.78 is 13.1. The monoisotopic (exact) mass is 733 g/mol. The van der Waals surface area contributed by atoms with Crippen molar-refractivity contribution in [3.05, 3.63) is 91.8 Å². The molecular weight excluding hydrogens is 693 g/mol.